The van der Waals surface area contributed by atoms with Gasteiger partial charge in [-0.2, -0.15) is 0 Å². The molecule has 0 radical (unpaired) electrons. The Balaban J connectivity index is 3.74. The number of methoxy groups -OCH3 is 1. The molecule has 0 aromatic carbocycles. The number of esters is 2. The fourth-order valence-electron chi connectivity index (χ4n) is 0.731. The highest BCUT2D eigenvalue weighted by molar-refractivity contribution is 5.91. The van der Waals surface area contributed by atoms with Crippen LogP contribution in [0.4, 0.5) is 0 Å². The molecule has 0 aliphatic rings. The monoisotopic (exact) mass is 224 g/mol. The number of hydrogen-bond donors (Lipinski definition) is 0. The van der Waals surface area contributed by atoms with Gasteiger partial charge in [-0.1, -0.05) is 25.2 Å². The van der Waals surface area contributed by atoms with E-state index >= 15 is 0 Å². The van der Waals surface area contributed by atoms with Crippen LogP contribution in [-0.2, 0) is 19.1 Å². The highest BCUT2D eigenvalue weighted by Crippen LogP contribution is 1.86. The molecule has 0 spiro atoms. The van der Waals surface area contributed by atoms with Crippen molar-refractivity contribution in [3.8, 4) is 0 Å². The number of hydrogen-bond acceptors (Lipinski definition) is 4. The van der Waals surface area contributed by atoms with Crippen LogP contribution in [0.3, 0.4) is 0 Å². The van der Waals surface area contributed by atoms with E-state index in [4.69, 9.17) is 4.74 Å². The van der Waals surface area contributed by atoms with Gasteiger partial charge in [0.1, 0.15) is 6.61 Å². The van der Waals surface area contributed by atoms with Crippen LogP contribution in [-0.4, -0.2) is 25.7 Å². The minimum absolute atomic E-state index is 0.179. The first-order valence-electron chi connectivity index (χ1n) is 4.95. The number of allylic oxidation sites excluding steroid dienone is 3. The number of ether oxygens (including phenoxy) is 2. The van der Waals surface area contributed by atoms with E-state index in [1.165, 1.54) is 7.11 Å². The molecule has 0 N–H and O–H groups in total. The highest BCUT2D eigenvalue weighted by Gasteiger charge is 1.96. The zero-order valence-electron chi connectivity index (χ0n) is 9.51. The summed E-state index contributed by atoms with van der Waals surface area (Å²) >= 11 is 0. The first kappa shape index (κ1) is 14.2. The number of rotatable bonds is 6. The molecule has 0 aromatic rings. The van der Waals surface area contributed by atoms with Gasteiger partial charge in [0.05, 0.1) is 7.11 Å². The van der Waals surface area contributed by atoms with Crippen LogP contribution in [0, 0.1) is 0 Å². The molecule has 4 heteroatoms. The van der Waals surface area contributed by atoms with Crippen molar-refractivity contribution < 1.29 is 19.1 Å². The molecule has 0 heterocycles. The SMILES string of the molecule is CC/C=C/C=C/COC(=O)/C=C\C(=O)OC. The number of carbonyl (C=O) groups is 2. The fourth-order valence-corrected chi connectivity index (χ4v) is 0.731. The van der Waals surface area contributed by atoms with E-state index in [1.54, 1.807) is 12.2 Å². The Morgan fingerprint density at radius 3 is 2.31 bits per heavy atom. The van der Waals surface area contributed by atoms with E-state index in [-0.39, 0.29) is 6.61 Å². The standard InChI is InChI=1S/C12H16O4/c1-3-4-5-6-7-10-16-12(14)9-8-11(13)15-2/h4-9H,3,10H2,1-2H3/b5-4+,7-6+,9-8-. The average Bonchev–Trinajstić information content (AvgIpc) is 2.30. The molecule has 0 aliphatic carbocycles. The lowest BCUT2D eigenvalue weighted by atomic mass is 10.4. The Kier molecular flexibility index (Phi) is 8.59. The summed E-state index contributed by atoms with van der Waals surface area (Å²) in [5, 5.41) is 0. The Labute approximate surface area is 95.2 Å². The van der Waals surface area contributed by atoms with Crippen LogP contribution >= 0.6 is 0 Å². The second-order valence-corrected chi connectivity index (χ2v) is 2.75. The highest BCUT2D eigenvalue weighted by atomic mass is 16.5. The van der Waals surface area contributed by atoms with E-state index in [0.29, 0.717) is 0 Å². The quantitative estimate of drug-likeness (QED) is 0.392. The molecule has 0 atom stereocenters. The predicted molar refractivity (Wildman–Crippen MR) is 60.7 cm³/mol. The summed E-state index contributed by atoms with van der Waals surface area (Å²) in [6.45, 7) is 2.21. The molecule has 16 heavy (non-hydrogen) atoms. The maximum Gasteiger partial charge on any atom is 0.331 e. The third-order valence-corrected chi connectivity index (χ3v) is 1.50. The zero-order chi connectivity index (χ0) is 12.2. The summed E-state index contributed by atoms with van der Waals surface area (Å²) in [5.41, 5.74) is 0. The second kappa shape index (κ2) is 9.71. The molecule has 88 valence electrons. The van der Waals surface area contributed by atoms with E-state index < -0.39 is 11.9 Å². The first-order chi connectivity index (χ1) is 7.70. The molecule has 0 fully saturated rings. The van der Waals surface area contributed by atoms with Gasteiger partial charge in [0, 0.05) is 12.2 Å². The predicted octanol–water partition coefficient (Wildman–Crippen LogP) is 1.78. The van der Waals surface area contributed by atoms with Crippen LogP contribution < -0.4 is 0 Å². The Morgan fingerprint density at radius 2 is 1.69 bits per heavy atom. The molecule has 0 saturated carbocycles. The van der Waals surface area contributed by atoms with Crippen LogP contribution in [0.2, 0.25) is 0 Å². The third-order valence-electron chi connectivity index (χ3n) is 1.50. The van der Waals surface area contributed by atoms with E-state index in [2.05, 4.69) is 4.74 Å². The molecule has 0 bridgehead atoms. The first-order valence-corrected chi connectivity index (χ1v) is 4.95. The Hall–Kier alpha value is -1.84. The van der Waals surface area contributed by atoms with Crippen LogP contribution in [0.15, 0.2) is 36.5 Å². The van der Waals surface area contributed by atoms with Crippen molar-refractivity contribution in [3.63, 3.8) is 0 Å². The topological polar surface area (TPSA) is 52.6 Å². The summed E-state index contributed by atoms with van der Waals surface area (Å²) in [6.07, 6.45) is 10.4. The van der Waals surface area contributed by atoms with Crippen LogP contribution in [0.5, 0.6) is 0 Å². The average molecular weight is 224 g/mol. The zero-order valence-corrected chi connectivity index (χ0v) is 9.51. The lowest BCUT2D eigenvalue weighted by molar-refractivity contribution is -0.138. The van der Waals surface area contributed by atoms with Gasteiger partial charge in [-0.15, -0.1) is 0 Å². The van der Waals surface area contributed by atoms with Crippen molar-refractivity contribution in [2.45, 2.75) is 13.3 Å². The van der Waals surface area contributed by atoms with E-state index in [1.807, 2.05) is 19.1 Å². The van der Waals surface area contributed by atoms with Crippen LogP contribution in [0.25, 0.3) is 0 Å². The van der Waals surface area contributed by atoms with Crippen molar-refractivity contribution in [1.29, 1.82) is 0 Å². The molecule has 0 rings (SSSR count). The van der Waals surface area contributed by atoms with Gasteiger partial charge < -0.3 is 9.47 Å². The summed E-state index contributed by atoms with van der Waals surface area (Å²) in [7, 11) is 1.24. The number of carbonyl (C=O) groups excluding carboxylic acids is 2. The summed E-state index contributed by atoms with van der Waals surface area (Å²) in [6, 6.07) is 0. The summed E-state index contributed by atoms with van der Waals surface area (Å²) < 4.78 is 9.08. The van der Waals surface area contributed by atoms with Gasteiger partial charge in [-0.05, 0) is 12.5 Å². The van der Waals surface area contributed by atoms with E-state index in [0.717, 1.165) is 18.6 Å². The maximum atomic E-state index is 11.0. The Morgan fingerprint density at radius 1 is 1.06 bits per heavy atom. The smallest absolute Gasteiger partial charge is 0.331 e. The largest absolute Gasteiger partial charge is 0.466 e. The molecular weight excluding hydrogens is 208 g/mol. The maximum absolute atomic E-state index is 11.0. The summed E-state index contributed by atoms with van der Waals surface area (Å²) in [4.78, 5) is 21.6. The molecule has 0 saturated heterocycles. The van der Waals surface area contributed by atoms with Crippen LogP contribution in [0.1, 0.15) is 13.3 Å². The molecule has 0 unspecified atom stereocenters. The minimum atomic E-state index is -0.585. The van der Waals surface area contributed by atoms with Crippen molar-refractivity contribution >= 4 is 11.9 Å². The van der Waals surface area contributed by atoms with Gasteiger partial charge in [-0.3, -0.25) is 0 Å². The van der Waals surface area contributed by atoms with Crippen molar-refractivity contribution in [2.75, 3.05) is 13.7 Å². The molecule has 4 nitrogen and oxygen atoms in total. The Bertz CT molecular complexity index is 300. The third kappa shape index (κ3) is 8.74. The lowest BCUT2D eigenvalue weighted by Gasteiger charge is -1.95. The van der Waals surface area contributed by atoms with E-state index in [9.17, 15) is 9.59 Å². The van der Waals surface area contributed by atoms with Gasteiger partial charge >= 0.3 is 11.9 Å². The fraction of sp³-hybridized carbons (Fsp3) is 0.333. The van der Waals surface area contributed by atoms with Gasteiger partial charge in [-0.25, -0.2) is 9.59 Å². The lowest BCUT2D eigenvalue weighted by Crippen LogP contribution is -2.02. The second-order valence-electron chi connectivity index (χ2n) is 2.75. The van der Waals surface area contributed by atoms with Gasteiger partial charge in [0.15, 0.2) is 0 Å². The molecule has 0 aromatic heterocycles. The normalized spacial score (nSPS) is 11.4. The molecule has 0 aliphatic heterocycles. The van der Waals surface area contributed by atoms with Crippen molar-refractivity contribution in [1.82, 2.24) is 0 Å². The molecular formula is C12H16O4. The molecule has 0 amide bonds. The summed E-state index contributed by atoms with van der Waals surface area (Å²) in [5.74, 6) is -1.16. The van der Waals surface area contributed by atoms with Crippen molar-refractivity contribution in [3.05, 3.63) is 36.5 Å². The van der Waals surface area contributed by atoms with Gasteiger partial charge in [0.25, 0.3) is 0 Å². The van der Waals surface area contributed by atoms with Crippen molar-refractivity contribution in [2.24, 2.45) is 0 Å². The minimum Gasteiger partial charge on any atom is -0.466 e. The van der Waals surface area contributed by atoms with Gasteiger partial charge in [0.2, 0.25) is 0 Å².